The maximum Gasteiger partial charge on any atom is 0.187 e. The van der Waals surface area contributed by atoms with Gasteiger partial charge in [-0.3, -0.25) is 9.69 Å². The van der Waals surface area contributed by atoms with Crippen molar-refractivity contribution < 1.29 is 4.79 Å². The third-order valence-corrected chi connectivity index (χ3v) is 5.87. The fourth-order valence-electron chi connectivity index (χ4n) is 2.94. The van der Waals surface area contributed by atoms with Crippen LogP contribution < -0.4 is 0 Å². The summed E-state index contributed by atoms with van der Waals surface area (Å²) in [5, 5.41) is 1.91. The molecule has 0 N–H and O–H groups in total. The van der Waals surface area contributed by atoms with Crippen molar-refractivity contribution in [1.29, 1.82) is 0 Å². The van der Waals surface area contributed by atoms with Gasteiger partial charge in [0.25, 0.3) is 0 Å². The molecule has 0 unspecified atom stereocenters. The lowest BCUT2D eigenvalue weighted by Gasteiger charge is -2.28. The van der Waals surface area contributed by atoms with Gasteiger partial charge >= 0.3 is 0 Å². The molecule has 1 fully saturated rings. The third-order valence-electron chi connectivity index (χ3n) is 4.39. The molecule has 0 aromatic heterocycles. The maximum atomic E-state index is 13.0. The van der Waals surface area contributed by atoms with Crippen molar-refractivity contribution in [2.45, 2.75) is 6.92 Å². The monoisotopic (exact) mass is 439 g/mol. The molecule has 1 aliphatic heterocycles. The summed E-state index contributed by atoms with van der Waals surface area (Å²) in [6.07, 6.45) is 3.74. The lowest BCUT2D eigenvalue weighted by atomic mass is 9.94. The molecular weight excluding hydrogens is 424 g/mol. The zero-order chi connectivity index (χ0) is 19.6. The molecule has 0 saturated carbocycles. The topological polar surface area (TPSA) is 20.3 Å². The summed E-state index contributed by atoms with van der Waals surface area (Å²) in [4.78, 5) is 15.2. The first-order valence-corrected chi connectivity index (χ1v) is 9.97. The van der Waals surface area contributed by atoms with Gasteiger partial charge in [0.1, 0.15) is 0 Å². The van der Waals surface area contributed by atoms with Gasteiger partial charge in [0.15, 0.2) is 5.78 Å². The van der Waals surface area contributed by atoms with Crippen LogP contribution in [-0.4, -0.2) is 30.3 Å². The highest BCUT2D eigenvalue weighted by atomic mass is 35.5. The lowest BCUT2D eigenvalue weighted by molar-refractivity contribution is -0.113. The van der Waals surface area contributed by atoms with Crippen LogP contribution in [0.25, 0.3) is 12.2 Å². The van der Waals surface area contributed by atoms with Crippen LogP contribution in [0, 0.1) is 0 Å². The SMILES string of the molecule is CCN1C/C(=C\c2ccc(Cl)c(Cl)c2)C(=O)/C(=C/c2ccc(Cl)c(Cl)c2)C1. The summed E-state index contributed by atoms with van der Waals surface area (Å²) in [6, 6.07) is 10.7. The Bertz CT molecular complexity index is 876. The van der Waals surface area contributed by atoms with Gasteiger partial charge in [0, 0.05) is 24.2 Å². The normalized spacial score (nSPS) is 18.5. The fraction of sp³-hybridized carbons (Fsp3) is 0.190. The Labute approximate surface area is 179 Å². The molecule has 1 heterocycles. The molecule has 0 aliphatic carbocycles. The van der Waals surface area contributed by atoms with Crippen LogP contribution in [0.15, 0.2) is 47.5 Å². The first-order chi connectivity index (χ1) is 12.9. The number of carbonyl (C=O) groups is 1. The number of benzene rings is 2. The van der Waals surface area contributed by atoms with E-state index in [1.165, 1.54) is 0 Å². The molecule has 1 saturated heterocycles. The molecule has 2 aromatic rings. The minimum Gasteiger partial charge on any atom is -0.295 e. The van der Waals surface area contributed by atoms with Crippen molar-refractivity contribution in [3.63, 3.8) is 0 Å². The summed E-state index contributed by atoms with van der Waals surface area (Å²) >= 11 is 24.1. The highest BCUT2D eigenvalue weighted by Crippen LogP contribution is 2.28. The van der Waals surface area contributed by atoms with E-state index >= 15 is 0 Å². The maximum absolute atomic E-state index is 13.0. The van der Waals surface area contributed by atoms with Gasteiger partial charge in [-0.25, -0.2) is 0 Å². The predicted molar refractivity (Wildman–Crippen MR) is 116 cm³/mol. The van der Waals surface area contributed by atoms with E-state index in [0.717, 1.165) is 17.7 Å². The number of piperidine rings is 1. The van der Waals surface area contributed by atoms with E-state index in [4.69, 9.17) is 46.4 Å². The van der Waals surface area contributed by atoms with E-state index in [9.17, 15) is 4.79 Å². The molecule has 0 atom stereocenters. The van der Waals surface area contributed by atoms with Crippen LogP contribution in [0.2, 0.25) is 20.1 Å². The van der Waals surface area contributed by atoms with E-state index in [2.05, 4.69) is 11.8 Å². The predicted octanol–water partition coefficient (Wildman–Crippen LogP) is 6.67. The molecule has 0 bridgehead atoms. The minimum atomic E-state index is 0.0249. The smallest absolute Gasteiger partial charge is 0.187 e. The minimum absolute atomic E-state index is 0.0249. The first kappa shape index (κ1) is 20.4. The van der Waals surface area contributed by atoms with Crippen molar-refractivity contribution in [2.24, 2.45) is 0 Å². The fourth-order valence-corrected chi connectivity index (χ4v) is 3.55. The summed E-state index contributed by atoms with van der Waals surface area (Å²) < 4.78 is 0. The molecule has 27 heavy (non-hydrogen) atoms. The van der Waals surface area contributed by atoms with Gasteiger partial charge < -0.3 is 0 Å². The van der Waals surface area contributed by atoms with Crippen molar-refractivity contribution in [3.8, 4) is 0 Å². The number of ketones is 1. The largest absolute Gasteiger partial charge is 0.295 e. The van der Waals surface area contributed by atoms with Crippen molar-refractivity contribution in [1.82, 2.24) is 4.90 Å². The number of likely N-dealkylation sites (N-methyl/N-ethyl adjacent to an activating group) is 1. The lowest BCUT2D eigenvalue weighted by Crippen LogP contribution is -2.37. The van der Waals surface area contributed by atoms with E-state index in [1.807, 2.05) is 24.3 Å². The Morgan fingerprint density at radius 3 is 1.63 bits per heavy atom. The standard InChI is InChI=1S/C21H17Cl4NO/c1-2-26-11-15(7-13-3-5-17(22)19(24)9-13)21(27)16(12-26)8-14-4-6-18(23)20(25)10-14/h3-10H,2,11-12H2,1H3/b15-7+,16-8+. The van der Waals surface area contributed by atoms with Crippen LogP contribution in [-0.2, 0) is 4.79 Å². The van der Waals surface area contributed by atoms with E-state index in [-0.39, 0.29) is 5.78 Å². The molecule has 3 rings (SSSR count). The average molecular weight is 441 g/mol. The van der Waals surface area contributed by atoms with E-state index < -0.39 is 0 Å². The van der Waals surface area contributed by atoms with Crippen LogP contribution >= 0.6 is 46.4 Å². The number of Topliss-reactive ketones (excluding diaryl/α,β-unsaturated/α-hetero) is 1. The zero-order valence-electron chi connectivity index (χ0n) is 14.6. The van der Waals surface area contributed by atoms with Gasteiger partial charge in [-0.1, -0.05) is 65.5 Å². The number of hydrogen-bond acceptors (Lipinski definition) is 2. The Kier molecular flexibility index (Phi) is 6.67. The van der Waals surface area contributed by atoms with Crippen LogP contribution in [0.4, 0.5) is 0 Å². The van der Waals surface area contributed by atoms with Gasteiger partial charge in [0.05, 0.1) is 20.1 Å². The van der Waals surface area contributed by atoms with Crippen molar-refractivity contribution in [3.05, 3.63) is 78.8 Å². The van der Waals surface area contributed by atoms with E-state index in [1.54, 1.807) is 24.3 Å². The Hall–Kier alpha value is -1.29. The molecule has 2 aromatic carbocycles. The molecule has 6 heteroatoms. The summed E-state index contributed by atoms with van der Waals surface area (Å²) in [6.45, 7) is 4.09. The molecule has 2 nitrogen and oxygen atoms in total. The molecule has 0 spiro atoms. The van der Waals surface area contributed by atoms with Crippen molar-refractivity contribution in [2.75, 3.05) is 19.6 Å². The van der Waals surface area contributed by atoms with Gasteiger partial charge in [0.2, 0.25) is 0 Å². The molecule has 1 aliphatic rings. The second kappa shape index (κ2) is 8.81. The molecule has 0 amide bonds. The number of halogens is 4. The Morgan fingerprint density at radius 2 is 1.26 bits per heavy atom. The van der Waals surface area contributed by atoms with Crippen LogP contribution in [0.5, 0.6) is 0 Å². The molecule has 0 radical (unpaired) electrons. The number of nitrogens with zero attached hydrogens (tertiary/aromatic N) is 1. The summed E-state index contributed by atoms with van der Waals surface area (Å²) in [5.74, 6) is 0.0249. The second-order valence-corrected chi connectivity index (χ2v) is 7.95. The van der Waals surface area contributed by atoms with Gasteiger partial charge in [-0.15, -0.1) is 0 Å². The summed E-state index contributed by atoms with van der Waals surface area (Å²) in [7, 11) is 0. The quantitative estimate of drug-likeness (QED) is 0.496. The highest BCUT2D eigenvalue weighted by Gasteiger charge is 2.25. The number of hydrogen-bond donors (Lipinski definition) is 0. The second-order valence-electron chi connectivity index (χ2n) is 6.32. The van der Waals surface area contributed by atoms with Gasteiger partial charge in [-0.05, 0) is 54.1 Å². The Balaban J connectivity index is 1.97. The molecular formula is C21H17Cl4NO. The van der Waals surface area contributed by atoms with Gasteiger partial charge in [-0.2, -0.15) is 0 Å². The number of carbonyl (C=O) groups excluding carboxylic acids is 1. The first-order valence-electron chi connectivity index (χ1n) is 8.45. The average Bonchev–Trinajstić information content (AvgIpc) is 2.64. The van der Waals surface area contributed by atoms with Crippen LogP contribution in [0.3, 0.4) is 0 Å². The molecule has 140 valence electrons. The highest BCUT2D eigenvalue weighted by molar-refractivity contribution is 6.42. The summed E-state index contributed by atoms with van der Waals surface area (Å²) in [5.41, 5.74) is 3.12. The van der Waals surface area contributed by atoms with Crippen LogP contribution in [0.1, 0.15) is 18.1 Å². The van der Waals surface area contributed by atoms with Crippen molar-refractivity contribution >= 4 is 64.3 Å². The number of likely N-dealkylation sites (tertiary alicyclic amines) is 1. The van der Waals surface area contributed by atoms with E-state index in [0.29, 0.717) is 44.3 Å². The third kappa shape index (κ3) is 4.96. The number of rotatable bonds is 3. The Morgan fingerprint density at radius 1 is 0.815 bits per heavy atom. The zero-order valence-corrected chi connectivity index (χ0v) is 17.6.